The molecule has 0 aromatic rings. The fraction of sp³-hybridized carbons (Fsp3) is 0.573. The van der Waals surface area contributed by atoms with Gasteiger partial charge in [-0.15, -0.1) is 0 Å². The van der Waals surface area contributed by atoms with Crippen LogP contribution in [0.3, 0.4) is 0 Å². The summed E-state index contributed by atoms with van der Waals surface area (Å²) in [5, 5.41) is 9.75. The number of rotatable bonds is 63. The lowest BCUT2D eigenvalue weighted by molar-refractivity contribution is -0.870. The van der Waals surface area contributed by atoms with Crippen molar-refractivity contribution in [1.29, 1.82) is 0 Å². The second-order valence-corrected chi connectivity index (χ2v) is 24.1. The van der Waals surface area contributed by atoms with E-state index in [0.717, 1.165) is 141 Å². The number of hydrogen-bond acceptors (Lipinski definition) is 7. The highest BCUT2D eigenvalue weighted by Gasteiger charge is 2.25. The molecule has 0 fully saturated rings. The van der Waals surface area contributed by atoms with Crippen LogP contribution in [0.4, 0.5) is 0 Å². The Bertz CT molecular complexity index is 2200. The minimum absolute atomic E-state index is 0.172. The Morgan fingerprint density at radius 1 is 0.330 bits per heavy atom. The van der Waals surface area contributed by atoms with E-state index in [9.17, 15) is 19.5 Å². The predicted octanol–water partition coefficient (Wildman–Crippen LogP) is 22.6. The molecule has 510 valence electrons. The lowest BCUT2D eigenvalue weighted by atomic mass is 10.0. The van der Waals surface area contributed by atoms with Crippen molar-refractivity contribution < 1.29 is 42.9 Å². The summed E-state index contributed by atoms with van der Waals surface area (Å²) in [5.41, 5.74) is 0. The third-order valence-electron chi connectivity index (χ3n) is 14.3. The van der Waals surface area contributed by atoms with E-state index >= 15 is 0 Å². The first-order chi connectivity index (χ1) is 44.6. The maximum Gasteiger partial charge on any atom is 0.361 e. The SMILES string of the molecule is CC/C=C\C/C=C\C/C=C\C/C=C\C/C=C\C/C=C\C/C=C\C/C=C\C/C=C\CCCCCCCCCCCCCCCC(=O)OC(COC(=O)CCCCC/C=C\C/C=C\C/C=C\C/C=C\C/C=C\C/C=C\C/C=C\CC)COC(OCC[N+](C)(C)C)C(=O)O. The van der Waals surface area contributed by atoms with Crippen LogP contribution >= 0.6 is 0 Å². The molecule has 0 aliphatic heterocycles. The van der Waals surface area contributed by atoms with Gasteiger partial charge in [0.05, 0.1) is 34.4 Å². The summed E-state index contributed by atoms with van der Waals surface area (Å²) in [6, 6.07) is 0. The first kappa shape index (κ1) is 85.1. The molecule has 0 spiro atoms. The van der Waals surface area contributed by atoms with Gasteiger partial charge in [-0.1, -0.05) is 285 Å². The zero-order valence-corrected chi connectivity index (χ0v) is 58.2. The van der Waals surface area contributed by atoms with Gasteiger partial charge in [-0.2, -0.15) is 0 Å². The fourth-order valence-corrected chi connectivity index (χ4v) is 8.99. The van der Waals surface area contributed by atoms with Gasteiger partial charge in [-0.3, -0.25) is 9.59 Å². The average molecular weight is 1260 g/mol. The molecule has 0 aliphatic rings. The Hall–Kier alpha value is -5.87. The highest BCUT2D eigenvalue weighted by atomic mass is 16.7. The molecule has 2 atom stereocenters. The molecule has 0 aliphatic carbocycles. The number of ether oxygens (including phenoxy) is 4. The van der Waals surface area contributed by atoms with Crippen LogP contribution in [0.1, 0.15) is 245 Å². The highest BCUT2D eigenvalue weighted by Crippen LogP contribution is 2.15. The van der Waals surface area contributed by atoms with Crippen molar-refractivity contribution in [2.24, 2.45) is 0 Å². The Kier molecular flexibility index (Phi) is 65.5. The molecule has 0 rings (SSSR count). The van der Waals surface area contributed by atoms with Crippen LogP contribution in [0.15, 0.2) is 194 Å². The van der Waals surface area contributed by atoms with Crippen molar-refractivity contribution in [1.82, 2.24) is 0 Å². The number of unbranched alkanes of at least 4 members (excludes halogenated alkanes) is 16. The van der Waals surface area contributed by atoms with Gasteiger partial charge in [0.25, 0.3) is 6.29 Å². The number of carboxylic acids is 1. The zero-order valence-electron chi connectivity index (χ0n) is 58.2. The molecule has 2 unspecified atom stereocenters. The predicted molar refractivity (Wildman–Crippen MR) is 391 cm³/mol. The Balaban J connectivity index is 4.19. The first-order valence-corrected chi connectivity index (χ1v) is 35.6. The number of quaternary nitrogens is 1. The Morgan fingerprint density at radius 2 is 0.593 bits per heavy atom. The number of nitrogens with zero attached hydrogens (tertiary/aromatic N) is 1. The van der Waals surface area contributed by atoms with Gasteiger partial charge >= 0.3 is 17.9 Å². The second kappa shape index (κ2) is 70.0. The number of carbonyl (C=O) groups is 3. The number of likely N-dealkylation sites (N-methyl/N-ethyl adjacent to an activating group) is 1. The van der Waals surface area contributed by atoms with E-state index in [0.29, 0.717) is 23.9 Å². The van der Waals surface area contributed by atoms with Crippen LogP contribution in [0.5, 0.6) is 0 Å². The fourth-order valence-electron chi connectivity index (χ4n) is 8.99. The van der Waals surface area contributed by atoms with Gasteiger partial charge in [0.15, 0.2) is 6.10 Å². The summed E-state index contributed by atoms with van der Waals surface area (Å²) < 4.78 is 22.9. The monoisotopic (exact) mass is 1260 g/mol. The number of hydrogen-bond donors (Lipinski definition) is 1. The molecule has 9 nitrogen and oxygen atoms in total. The molecule has 0 saturated carbocycles. The van der Waals surface area contributed by atoms with Crippen LogP contribution in [0.25, 0.3) is 0 Å². The normalized spacial score (nSPS) is 13.9. The molecule has 0 bridgehead atoms. The minimum atomic E-state index is -1.53. The van der Waals surface area contributed by atoms with Crippen LogP contribution in [0, 0.1) is 0 Å². The third kappa shape index (κ3) is 71.4. The second-order valence-electron chi connectivity index (χ2n) is 24.1. The van der Waals surface area contributed by atoms with E-state index in [-0.39, 0.29) is 38.6 Å². The molecule has 9 heteroatoms. The van der Waals surface area contributed by atoms with Crippen LogP contribution in [-0.2, 0) is 33.3 Å². The van der Waals surface area contributed by atoms with Crippen LogP contribution in [-0.4, -0.2) is 87.4 Å². The Labute approximate surface area is 557 Å². The minimum Gasteiger partial charge on any atom is -0.477 e. The molecule has 1 N–H and O–H groups in total. The standard InChI is InChI=1S/C82H129NO8/c1-6-8-10-12-14-16-18-20-22-24-26-28-30-32-33-34-35-36-37-38-39-40-41-42-43-44-45-46-47-49-51-53-55-57-59-61-63-65-67-69-71-73-80(85)91-78(77-90-82(81(86)87)88-75-74-83(3,4)5)76-89-79(84)72-70-68-66-64-62-60-58-56-54-52-50-48-31-29-27-25-23-21-19-17-15-13-11-9-7-2/h8-11,14-17,20-23,26-29,32-33,35-36,38-39,41-42,44-45,48,50,54,56,60,62,78,82H,6-7,12-13,18-19,24-25,30-31,34,37,40,43,46-47,49,51-53,55,57-59,61,63-77H2,1-5H3/p+1/b10-8-,11-9-,16-14-,17-15-,22-20-,23-21-,28-26-,29-27-,33-32-,36-35-,39-38-,42-41-,45-44-,50-48-,56-54-,62-60-. The maximum atomic E-state index is 13.0. The van der Waals surface area contributed by atoms with Gasteiger partial charge in [-0.05, 0) is 141 Å². The molecule has 0 aromatic heterocycles. The number of carboxylic acid groups (broad SMARTS) is 1. The smallest absolute Gasteiger partial charge is 0.361 e. The summed E-state index contributed by atoms with van der Waals surface area (Å²) in [4.78, 5) is 37.6. The molecular formula is C82H130NO8+. The van der Waals surface area contributed by atoms with Crippen molar-refractivity contribution in [3.63, 3.8) is 0 Å². The Morgan fingerprint density at radius 3 is 0.890 bits per heavy atom. The first-order valence-electron chi connectivity index (χ1n) is 35.6. The van der Waals surface area contributed by atoms with E-state index in [4.69, 9.17) is 18.9 Å². The van der Waals surface area contributed by atoms with Crippen molar-refractivity contribution in [2.45, 2.75) is 257 Å². The molecular weight excluding hydrogens is 1130 g/mol. The van der Waals surface area contributed by atoms with Crippen LogP contribution in [0.2, 0.25) is 0 Å². The summed E-state index contributed by atoms with van der Waals surface area (Å²) in [5.74, 6) is -2.07. The van der Waals surface area contributed by atoms with Gasteiger partial charge in [-0.25, -0.2) is 4.79 Å². The molecule has 0 heterocycles. The molecule has 91 heavy (non-hydrogen) atoms. The number of aliphatic carboxylic acids is 1. The zero-order chi connectivity index (χ0) is 66.1. The van der Waals surface area contributed by atoms with Crippen molar-refractivity contribution >= 4 is 17.9 Å². The number of carbonyl (C=O) groups excluding carboxylic acids is 2. The lowest BCUT2D eigenvalue weighted by Crippen LogP contribution is -2.40. The van der Waals surface area contributed by atoms with Crippen molar-refractivity contribution in [3.8, 4) is 0 Å². The maximum absolute atomic E-state index is 13.0. The van der Waals surface area contributed by atoms with E-state index in [1.807, 2.05) is 21.1 Å². The topological polar surface area (TPSA) is 108 Å². The van der Waals surface area contributed by atoms with E-state index in [1.54, 1.807) is 0 Å². The lowest BCUT2D eigenvalue weighted by Gasteiger charge is -2.25. The number of allylic oxidation sites excluding steroid dienone is 32. The quantitative estimate of drug-likeness (QED) is 0.0211. The largest absolute Gasteiger partial charge is 0.477 e. The van der Waals surface area contributed by atoms with Gasteiger partial charge < -0.3 is 28.5 Å². The van der Waals surface area contributed by atoms with Gasteiger partial charge in [0.2, 0.25) is 0 Å². The van der Waals surface area contributed by atoms with Crippen molar-refractivity contribution in [2.75, 3.05) is 47.5 Å². The third-order valence-corrected chi connectivity index (χ3v) is 14.3. The highest BCUT2D eigenvalue weighted by molar-refractivity contribution is 5.71. The van der Waals surface area contributed by atoms with Crippen molar-refractivity contribution in [3.05, 3.63) is 194 Å². The summed E-state index contributed by atoms with van der Waals surface area (Å²) >= 11 is 0. The van der Waals surface area contributed by atoms with E-state index < -0.39 is 24.3 Å². The van der Waals surface area contributed by atoms with Gasteiger partial charge in [0.1, 0.15) is 13.2 Å². The molecule has 0 amide bonds. The molecule has 0 radical (unpaired) electrons. The van der Waals surface area contributed by atoms with E-state index in [2.05, 4.69) is 208 Å². The molecule has 0 aromatic carbocycles. The molecule has 0 saturated heterocycles. The summed E-state index contributed by atoms with van der Waals surface area (Å²) in [7, 11) is 5.95. The number of esters is 2. The van der Waals surface area contributed by atoms with Crippen LogP contribution < -0.4 is 0 Å². The van der Waals surface area contributed by atoms with Gasteiger partial charge in [0, 0.05) is 12.8 Å². The average Bonchev–Trinajstić information content (AvgIpc) is 3.53. The summed E-state index contributed by atoms with van der Waals surface area (Å²) in [6.45, 7) is 4.59. The van der Waals surface area contributed by atoms with E-state index in [1.165, 1.54) is 64.2 Å². The summed E-state index contributed by atoms with van der Waals surface area (Å²) in [6.07, 6.45) is 105.